The summed E-state index contributed by atoms with van der Waals surface area (Å²) in [6.07, 6.45) is 9.28. The number of esters is 2. The molecule has 2 fully saturated rings. The van der Waals surface area contributed by atoms with Crippen LogP contribution >= 0.6 is 0 Å². The fourth-order valence-corrected chi connectivity index (χ4v) is 6.94. The van der Waals surface area contributed by atoms with Gasteiger partial charge in [0.05, 0.1) is 17.1 Å². The Hall–Kier alpha value is -1.15. The summed E-state index contributed by atoms with van der Waals surface area (Å²) in [5, 5.41) is -1.02. The Morgan fingerprint density at radius 3 is 1.73 bits per heavy atom. The minimum atomic E-state index is -4.30. The summed E-state index contributed by atoms with van der Waals surface area (Å²) in [6.45, 7) is 8.17. The zero-order valence-corrected chi connectivity index (χ0v) is 21.6. The lowest BCUT2D eigenvalue weighted by atomic mass is 9.79. The van der Waals surface area contributed by atoms with Crippen molar-refractivity contribution < 1.29 is 32.0 Å². The molecule has 0 unspecified atom stereocenters. The molecule has 0 spiro atoms. The average Bonchev–Trinajstić information content (AvgIpc) is 3.36. The topological polar surface area (TPSA) is 107 Å². The lowest BCUT2D eigenvalue weighted by Crippen LogP contribution is -2.45. The van der Waals surface area contributed by atoms with Gasteiger partial charge in [-0.2, -0.15) is 8.42 Å². The molecular weight excluding hydrogens is 444 g/mol. The van der Waals surface area contributed by atoms with Gasteiger partial charge in [0, 0.05) is 0 Å². The molecule has 0 heterocycles. The van der Waals surface area contributed by atoms with Gasteiger partial charge in [0.15, 0.2) is 0 Å². The first-order valence-electron chi connectivity index (χ1n) is 13.0. The van der Waals surface area contributed by atoms with E-state index in [1.807, 2.05) is 13.8 Å². The highest BCUT2D eigenvalue weighted by atomic mass is 32.2. The first kappa shape index (κ1) is 28.1. The largest absolute Gasteiger partial charge is 0.462 e. The van der Waals surface area contributed by atoms with Gasteiger partial charge < -0.3 is 9.47 Å². The molecule has 8 heteroatoms. The molecule has 33 heavy (non-hydrogen) atoms. The third-order valence-electron chi connectivity index (χ3n) is 7.61. The van der Waals surface area contributed by atoms with Gasteiger partial charge in [-0.15, -0.1) is 0 Å². The van der Waals surface area contributed by atoms with Crippen molar-refractivity contribution in [2.75, 3.05) is 0 Å². The van der Waals surface area contributed by atoms with E-state index in [0.717, 1.165) is 51.4 Å². The molecule has 0 amide bonds. The van der Waals surface area contributed by atoms with Crippen LogP contribution in [0.1, 0.15) is 105 Å². The number of hydrogen-bond donors (Lipinski definition) is 1. The highest BCUT2D eigenvalue weighted by Crippen LogP contribution is 2.55. The molecule has 2 bridgehead atoms. The summed E-state index contributed by atoms with van der Waals surface area (Å²) < 4.78 is 45.3. The van der Waals surface area contributed by atoms with E-state index in [9.17, 15) is 22.6 Å². The minimum Gasteiger partial charge on any atom is -0.462 e. The maximum absolute atomic E-state index is 13.3. The van der Waals surface area contributed by atoms with E-state index >= 15 is 0 Å². The van der Waals surface area contributed by atoms with E-state index in [1.165, 1.54) is 0 Å². The molecule has 0 saturated heterocycles. The highest BCUT2D eigenvalue weighted by molar-refractivity contribution is 7.86. The maximum Gasteiger partial charge on any atom is 0.310 e. The van der Waals surface area contributed by atoms with Crippen molar-refractivity contribution in [1.82, 2.24) is 0 Å². The second-order valence-electron chi connectivity index (χ2n) is 9.93. The van der Waals surface area contributed by atoms with Gasteiger partial charge >= 0.3 is 11.9 Å². The molecule has 192 valence electrons. The SMILES string of the molecule is CCCCC[C@H](CC)OC(=O)[C@H]1[C@@H]2C[C@H]([C@@H]1C(=O)O[C@@H](CC)CCCCC)[C@@H](S(=O)(=O)O)C2. The van der Waals surface area contributed by atoms with E-state index in [4.69, 9.17) is 9.47 Å². The van der Waals surface area contributed by atoms with Gasteiger partial charge in [0.2, 0.25) is 0 Å². The second-order valence-corrected chi connectivity index (χ2v) is 11.6. The van der Waals surface area contributed by atoms with E-state index < -0.39 is 45.1 Å². The Bertz CT molecular complexity index is 735. The standard InChI is InChI=1S/C25H44O7S/c1-5-9-11-13-18(7-3)31-24(26)22-17-15-20(21(16-17)33(28,29)30)23(22)25(27)32-19(8-4)14-12-10-6-2/h17-23H,5-16H2,1-4H3,(H,28,29,30)/t17-,18+,19+,20+,21+,22+,23+/m1/s1. The average molecular weight is 489 g/mol. The first-order chi connectivity index (χ1) is 15.7. The van der Waals surface area contributed by atoms with Crippen LogP contribution in [-0.2, 0) is 29.2 Å². The molecule has 2 aliphatic carbocycles. The van der Waals surface area contributed by atoms with Crippen LogP contribution in [0.15, 0.2) is 0 Å². The summed E-state index contributed by atoms with van der Waals surface area (Å²) in [5.74, 6) is -3.41. The van der Waals surface area contributed by atoms with Gasteiger partial charge in [0.25, 0.3) is 10.1 Å². The predicted molar refractivity (Wildman–Crippen MR) is 127 cm³/mol. The van der Waals surface area contributed by atoms with Crippen LogP contribution in [0.5, 0.6) is 0 Å². The van der Waals surface area contributed by atoms with Crippen molar-refractivity contribution >= 4 is 22.1 Å². The quantitative estimate of drug-likeness (QED) is 0.189. The fraction of sp³-hybridized carbons (Fsp3) is 0.920. The van der Waals surface area contributed by atoms with Crippen LogP contribution in [0.2, 0.25) is 0 Å². The normalized spacial score (nSPS) is 28.5. The lowest BCUT2D eigenvalue weighted by Gasteiger charge is -2.33. The number of hydrogen-bond acceptors (Lipinski definition) is 6. The molecule has 0 aromatic carbocycles. The van der Waals surface area contributed by atoms with Crippen LogP contribution < -0.4 is 0 Å². The molecular formula is C25H44O7S. The van der Waals surface area contributed by atoms with E-state index in [-0.39, 0.29) is 24.5 Å². The molecule has 2 rings (SSSR count). The minimum absolute atomic E-state index is 0.188. The van der Waals surface area contributed by atoms with Crippen molar-refractivity contribution in [2.24, 2.45) is 23.7 Å². The van der Waals surface area contributed by atoms with Crippen molar-refractivity contribution in [3.8, 4) is 0 Å². The summed E-state index contributed by atoms with van der Waals surface area (Å²) in [4.78, 5) is 26.5. The third kappa shape index (κ3) is 7.41. The number of rotatable bonds is 15. The van der Waals surface area contributed by atoms with E-state index in [1.54, 1.807) is 0 Å². The Labute approximate surface area is 200 Å². The van der Waals surface area contributed by atoms with Crippen LogP contribution in [0, 0.1) is 23.7 Å². The molecule has 0 aromatic heterocycles. The van der Waals surface area contributed by atoms with E-state index in [2.05, 4.69) is 13.8 Å². The number of carbonyl (C=O) groups excluding carboxylic acids is 2. The Balaban J connectivity index is 2.17. The zero-order valence-electron chi connectivity index (χ0n) is 20.8. The number of carbonyl (C=O) groups is 2. The molecule has 7 atom stereocenters. The van der Waals surface area contributed by atoms with Crippen LogP contribution in [0.25, 0.3) is 0 Å². The van der Waals surface area contributed by atoms with Gasteiger partial charge in [0.1, 0.15) is 12.2 Å². The molecule has 7 nitrogen and oxygen atoms in total. The van der Waals surface area contributed by atoms with Crippen molar-refractivity contribution in [1.29, 1.82) is 0 Å². The van der Waals surface area contributed by atoms with Crippen LogP contribution in [0.3, 0.4) is 0 Å². The summed E-state index contributed by atoms with van der Waals surface area (Å²) in [5.41, 5.74) is 0. The van der Waals surface area contributed by atoms with Crippen LogP contribution in [0.4, 0.5) is 0 Å². The smallest absolute Gasteiger partial charge is 0.310 e. The Morgan fingerprint density at radius 2 is 1.30 bits per heavy atom. The molecule has 1 N–H and O–H groups in total. The van der Waals surface area contributed by atoms with Gasteiger partial charge in [-0.1, -0.05) is 53.4 Å². The fourth-order valence-electron chi connectivity index (χ4n) is 5.73. The molecule has 2 saturated carbocycles. The van der Waals surface area contributed by atoms with Crippen molar-refractivity contribution in [2.45, 2.75) is 122 Å². The van der Waals surface area contributed by atoms with E-state index in [0.29, 0.717) is 19.3 Å². The third-order valence-corrected chi connectivity index (χ3v) is 8.91. The first-order valence-corrected chi connectivity index (χ1v) is 14.5. The number of unbranched alkanes of at least 4 members (excludes halogenated alkanes) is 4. The maximum atomic E-state index is 13.3. The van der Waals surface area contributed by atoms with Crippen molar-refractivity contribution in [3.63, 3.8) is 0 Å². The Morgan fingerprint density at radius 1 is 0.818 bits per heavy atom. The summed E-state index contributed by atoms with van der Waals surface area (Å²) in [6, 6.07) is 0. The van der Waals surface area contributed by atoms with Gasteiger partial charge in [-0.05, 0) is 63.2 Å². The molecule has 2 aliphatic rings. The van der Waals surface area contributed by atoms with Gasteiger partial charge in [-0.25, -0.2) is 0 Å². The molecule has 0 aliphatic heterocycles. The molecule has 0 aromatic rings. The number of fused-ring (bicyclic) bond motifs is 2. The monoisotopic (exact) mass is 488 g/mol. The summed E-state index contributed by atoms with van der Waals surface area (Å²) >= 11 is 0. The molecule has 0 radical (unpaired) electrons. The summed E-state index contributed by atoms with van der Waals surface area (Å²) in [7, 11) is -4.30. The number of ether oxygens (including phenoxy) is 2. The Kier molecular flexibility index (Phi) is 11.1. The zero-order chi connectivity index (χ0) is 24.6. The van der Waals surface area contributed by atoms with Gasteiger partial charge in [-0.3, -0.25) is 14.1 Å². The van der Waals surface area contributed by atoms with Crippen LogP contribution in [-0.4, -0.2) is 42.4 Å². The second kappa shape index (κ2) is 13.1. The lowest BCUT2D eigenvalue weighted by molar-refractivity contribution is -0.170. The predicted octanol–water partition coefficient (Wildman–Crippen LogP) is 5.32. The van der Waals surface area contributed by atoms with Crippen molar-refractivity contribution in [3.05, 3.63) is 0 Å². The highest BCUT2D eigenvalue weighted by Gasteiger charge is 2.62.